The van der Waals surface area contributed by atoms with Gasteiger partial charge >= 0.3 is 0 Å². The van der Waals surface area contributed by atoms with E-state index in [4.69, 9.17) is 11.0 Å². The molecule has 1 amide bonds. The first-order chi connectivity index (χ1) is 10.9. The Hall–Kier alpha value is -1.12. The van der Waals surface area contributed by atoms with E-state index in [-0.39, 0.29) is 23.9 Å². The van der Waals surface area contributed by atoms with Gasteiger partial charge in [0.05, 0.1) is 17.7 Å². The zero-order chi connectivity index (χ0) is 16.2. The van der Waals surface area contributed by atoms with E-state index < -0.39 is 11.6 Å². The number of nitrogens with zero attached hydrogens (tertiary/aromatic N) is 2. The normalized spacial score (nSPS) is 42.8. The third kappa shape index (κ3) is 2.38. The number of amides is 1. The van der Waals surface area contributed by atoms with Gasteiger partial charge in [-0.2, -0.15) is 5.26 Å². The topological polar surface area (TPSA) is 90.4 Å². The molecule has 3 N–H and O–H groups in total. The summed E-state index contributed by atoms with van der Waals surface area (Å²) in [5, 5.41) is 20.0. The van der Waals surface area contributed by atoms with Gasteiger partial charge in [-0.15, -0.1) is 0 Å². The van der Waals surface area contributed by atoms with Crippen LogP contribution in [0.1, 0.15) is 57.8 Å². The molecule has 126 valence electrons. The van der Waals surface area contributed by atoms with E-state index in [1.54, 1.807) is 4.90 Å². The zero-order valence-electron chi connectivity index (χ0n) is 13.7. The maximum atomic E-state index is 13.1. The zero-order valence-corrected chi connectivity index (χ0v) is 13.7. The second-order valence-corrected chi connectivity index (χ2v) is 8.73. The number of hydrogen-bond acceptors (Lipinski definition) is 4. The van der Waals surface area contributed by atoms with Crippen molar-refractivity contribution in [2.45, 2.75) is 75.5 Å². The predicted molar refractivity (Wildman–Crippen MR) is 85.0 cm³/mol. The maximum absolute atomic E-state index is 13.1. The molecule has 5 fully saturated rings. The van der Waals surface area contributed by atoms with Crippen LogP contribution >= 0.6 is 0 Å². The molecule has 3 atom stereocenters. The monoisotopic (exact) mass is 317 g/mol. The van der Waals surface area contributed by atoms with E-state index in [2.05, 4.69) is 6.07 Å². The third-order valence-electron chi connectivity index (χ3n) is 7.04. The van der Waals surface area contributed by atoms with Crippen molar-refractivity contribution in [1.82, 2.24) is 4.90 Å². The van der Waals surface area contributed by atoms with Gasteiger partial charge in [0.15, 0.2) is 0 Å². The average Bonchev–Trinajstić information content (AvgIpc) is 2.40. The summed E-state index contributed by atoms with van der Waals surface area (Å²) in [4.78, 5) is 14.8. The number of nitriles is 1. The summed E-state index contributed by atoms with van der Waals surface area (Å²) in [6.45, 7) is 0.143. The van der Waals surface area contributed by atoms with Crippen molar-refractivity contribution in [2.75, 3.05) is 6.54 Å². The van der Waals surface area contributed by atoms with Crippen LogP contribution in [0.4, 0.5) is 0 Å². The van der Waals surface area contributed by atoms with Gasteiger partial charge in [0, 0.05) is 6.04 Å². The molecule has 0 aromatic rings. The number of carbonyl (C=O) groups excluding carboxylic acids is 1. The number of hydrogen-bond donors (Lipinski definition) is 2. The molecule has 23 heavy (non-hydrogen) atoms. The Morgan fingerprint density at radius 3 is 2.43 bits per heavy atom. The fraction of sp³-hybridized carbons (Fsp3) is 0.889. The molecule has 2 unspecified atom stereocenters. The van der Waals surface area contributed by atoms with Crippen molar-refractivity contribution in [3.05, 3.63) is 0 Å². The summed E-state index contributed by atoms with van der Waals surface area (Å²) in [6, 6.07) is 1.77. The van der Waals surface area contributed by atoms with Crippen LogP contribution in [-0.2, 0) is 4.79 Å². The van der Waals surface area contributed by atoms with E-state index in [0.29, 0.717) is 18.3 Å². The highest BCUT2D eigenvalue weighted by Crippen LogP contribution is 2.62. The van der Waals surface area contributed by atoms with Crippen molar-refractivity contribution < 1.29 is 9.90 Å². The molecule has 0 saturated heterocycles. The molecule has 5 heteroatoms. The molecule has 5 saturated carbocycles. The summed E-state index contributed by atoms with van der Waals surface area (Å²) < 4.78 is 0. The first kappa shape index (κ1) is 15.4. The van der Waals surface area contributed by atoms with Crippen LogP contribution in [0.2, 0.25) is 0 Å². The molecule has 5 rings (SSSR count). The summed E-state index contributed by atoms with van der Waals surface area (Å²) in [5.41, 5.74) is 5.67. The van der Waals surface area contributed by atoms with Crippen LogP contribution in [-0.4, -0.2) is 40.1 Å². The quantitative estimate of drug-likeness (QED) is 0.770. The largest absolute Gasteiger partial charge is 0.390 e. The molecular weight excluding hydrogens is 290 g/mol. The minimum absolute atomic E-state index is 0.0539. The Bertz CT molecular complexity index is 537. The highest BCUT2D eigenvalue weighted by Gasteiger charge is 2.60. The van der Waals surface area contributed by atoms with Crippen LogP contribution in [0.15, 0.2) is 0 Å². The minimum atomic E-state index is -0.599. The maximum Gasteiger partial charge on any atom is 0.241 e. The molecule has 5 nitrogen and oxygen atoms in total. The standard InChI is InChI=1S/C18H27N3O2/c19-4-5-21(14-2-1-3-14)16(22)15(20)17-7-12-6-13(8-17)10-18(23,9-12)11-17/h12-15,23H,1-3,5-11,20H2/t12?,13?,15-,17?,18?/m1/s1. The Morgan fingerprint density at radius 1 is 1.30 bits per heavy atom. The summed E-state index contributed by atoms with van der Waals surface area (Å²) in [5.74, 6) is 0.989. The number of carbonyl (C=O) groups is 1. The van der Waals surface area contributed by atoms with Crippen LogP contribution in [0, 0.1) is 28.6 Å². The van der Waals surface area contributed by atoms with Crippen molar-refractivity contribution in [3.63, 3.8) is 0 Å². The fourth-order valence-corrected chi connectivity index (χ4v) is 6.25. The van der Waals surface area contributed by atoms with E-state index in [9.17, 15) is 9.90 Å². The molecular formula is C18H27N3O2. The average molecular weight is 317 g/mol. The summed E-state index contributed by atoms with van der Waals surface area (Å²) in [7, 11) is 0. The fourth-order valence-electron chi connectivity index (χ4n) is 6.25. The SMILES string of the molecule is N#CCN(C(=O)[C@@H](N)C12CC3CC(CC(O)(C3)C1)C2)C1CCC1. The second-order valence-electron chi connectivity index (χ2n) is 8.73. The molecule has 0 heterocycles. The Kier molecular flexibility index (Phi) is 3.48. The van der Waals surface area contributed by atoms with Gasteiger partial charge < -0.3 is 15.7 Å². The Balaban J connectivity index is 1.57. The van der Waals surface area contributed by atoms with Crippen molar-refractivity contribution in [2.24, 2.45) is 23.0 Å². The molecule has 5 aliphatic carbocycles. The van der Waals surface area contributed by atoms with Gasteiger partial charge in [0.25, 0.3) is 0 Å². The van der Waals surface area contributed by atoms with Crippen LogP contribution in [0.3, 0.4) is 0 Å². The first-order valence-electron chi connectivity index (χ1n) is 9.10. The summed E-state index contributed by atoms with van der Waals surface area (Å²) in [6.07, 6.45) is 8.69. The Labute approximate surface area is 137 Å². The van der Waals surface area contributed by atoms with Gasteiger partial charge in [-0.3, -0.25) is 4.79 Å². The van der Waals surface area contributed by atoms with Crippen molar-refractivity contribution in [1.29, 1.82) is 5.26 Å². The lowest BCUT2D eigenvalue weighted by Crippen LogP contribution is -2.65. The lowest BCUT2D eigenvalue weighted by molar-refractivity contribution is -0.178. The molecule has 0 aromatic carbocycles. The molecule has 0 aromatic heterocycles. The number of rotatable bonds is 4. The van der Waals surface area contributed by atoms with Gasteiger partial charge in [0.2, 0.25) is 5.91 Å². The van der Waals surface area contributed by atoms with Crippen LogP contribution < -0.4 is 5.73 Å². The van der Waals surface area contributed by atoms with E-state index in [1.165, 1.54) is 6.42 Å². The lowest BCUT2D eigenvalue weighted by Gasteiger charge is -2.62. The van der Waals surface area contributed by atoms with E-state index >= 15 is 0 Å². The van der Waals surface area contributed by atoms with Gasteiger partial charge in [-0.25, -0.2) is 0 Å². The van der Waals surface area contributed by atoms with Crippen molar-refractivity contribution >= 4 is 5.91 Å². The minimum Gasteiger partial charge on any atom is -0.390 e. The lowest BCUT2D eigenvalue weighted by atomic mass is 9.46. The smallest absolute Gasteiger partial charge is 0.241 e. The molecule has 0 aliphatic heterocycles. The number of nitrogens with two attached hydrogens (primary N) is 1. The molecule has 5 aliphatic rings. The highest BCUT2D eigenvalue weighted by atomic mass is 16.3. The second kappa shape index (κ2) is 5.19. The van der Waals surface area contributed by atoms with Crippen LogP contribution in [0.5, 0.6) is 0 Å². The summed E-state index contributed by atoms with van der Waals surface area (Å²) >= 11 is 0. The van der Waals surface area contributed by atoms with Crippen LogP contribution in [0.25, 0.3) is 0 Å². The predicted octanol–water partition coefficient (Wildman–Crippen LogP) is 1.55. The van der Waals surface area contributed by atoms with E-state index in [1.807, 2.05) is 0 Å². The van der Waals surface area contributed by atoms with Gasteiger partial charge in [-0.1, -0.05) is 0 Å². The molecule has 4 bridgehead atoms. The van der Waals surface area contributed by atoms with Gasteiger partial charge in [0.1, 0.15) is 6.54 Å². The third-order valence-corrected chi connectivity index (χ3v) is 7.04. The molecule has 0 radical (unpaired) electrons. The number of aliphatic hydroxyl groups is 1. The van der Waals surface area contributed by atoms with Gasteiger partial charge in [-0.05, 0) is 75.0 Å². The first-order valence-corrected chi connectivity index (χ1v) is 9.10. The van der Waals surface area contributed by atoms with E-state index in [0.717, 1.165) is 44.9 Å². The molecule has 0 spiro atoms. The highest BCUT2D eigenvalue weighted by molar-refractivity contribution is 5.83. The van der Waals surface area contributed by atoms with Crippen molar-refractivity contribution in [3.8, 4) is 6.07 Å². The Morgan fingerprint density at radius 2 is 1.96 bits per heavy atom.